The third-order valence-corrected chi connectivity index (χ3v) is 2.86. The molecule has 20 heavy (non-hydrogen) atoms. The lowest BCUT2D eigenvalue weighted by Crippen LogP contribution is -2.27. The summed E-state index contributed by atoms with van der Waals surface area (Å²) in [5.41, 5.74) is 1.90. The Morgan fingerprint density at radius 2 is 2.35 bits per heavy atom. The summed E-state index contributed by atoms with van der Waals surface area (Å²) in [4.78, 5) is 22.4. The van der Waals surface area contributed by atoms with E-state index in [0.717, 1.165) is 11.1 Å². The summed E-state index contributed by atoms with van der Waals surface area (Å²) >= 11 is 0. The predicted octanol–water partition coefficient (Wildman–Crippen LogP) is 1.14. The molecule has 2 heterocycles. The smallest absolute Gasteiger partial charge is 0.322 e. The van der Waals surface area contributed by atoms with Crippen LogP contribution in [0.4, 0.5) is 4.79 Å². The molecule has 1 aromatic rings. The van der Waals surface area contributed by atoms with Crippen LogP contribution in [0.2, 0.25) is 0 Å². The zero-order valence-corrected chi connectivity index (χ0v) is 11.2. The molecule has 1 atom stereocenters. The van der Waals surface area contributed by atoms with Crippen LogP contribution in [0.1, 0.15) is 12.0 Å². The normalized spacial score (nSPS) is 19.2. The van der Waals surface area contributed by atoms with E-state index in [1.807, 2.05) is 31.5 Å². The Labute approximate surface area is 116 Å². The lowest BCUT2D eigenvalue weighted by Gasteiger charge is -2.02. The van der Waals surface area contributed by atoms with Crippen LogP contribution in [0, 0.1) is 0 Å². The van der Waals surface area contributed by atoms with Gasteiger partial charge in [0.05, 0.1) is 6.20 Å². The van der Waals surface area contributed by atoms with Gasteiger partial charge in [0.25, 0.3) is 5.91 Å². The van der Waals surface area contributed by atoms with Crippen molar-refractivity contribution < 1.29 is 9.59 Å². The van der Waals surface area contributed by atoms with Crippen LogP contribution >= 0.6 is 0 Å². The third kappa shape index (κ3) is 3.23. The van der Waals surface area contributed by atoms with Gasteiger partial charge in [-0.05, 0) is 12.0 Å². The second-order valence-electron chi connectivity index (χ2n) is 4.41. The first kappa shape index (κ1) is 13.8. The number of amides is 3. The minimum Gasteiger partial charge on any atom is -0.326 e. The summed E-state index contributed by atoms with van der Waals surface area (Å²) in [6.07, 6.45) is 11.4. The van der Waals surface area contributed by atoms with Crippen LogP contribution in [0.3, 0.4) is 0 Å². The van der Waals surface area contributed by atoms with Gasteiger partial charge in [-0.1, -0.05) is 30.9 Å². The van der Waals surface area contributed by atoms with Gasteiger partial charge in [0.2, 0.25) is 0 Å². The van der Waals surface area contributed by atoms with Crippen LogP contribution in [0.25, 0.3) is 5.57 Å². The second-order valence-corrected chi connectivity index (χ2v) is 4.41. The van der Waals surface area contributed by atoms with E-state index in [9.17, 15) is 9.59 Å². The van der Waals surface area contributed by atoms with Crippen LogP contribution in [-0.4, -0.2) is 27.8 Å². The molecule has 0 bridgehead atoms. The second kappa shape index (κ2) is 6.01. The molecule has 0 radical (unpaired) electrons. The van der Waals surface area contributed by atoms with E-state index < -0.39 is 12.1 Å². The monoisotopic (exact) mass is 272 g/mol. The van der Waals surface area contributed by atoms with Crippen LogP contribution in [0.15, 0.2) is 43.3 Å². The number of allylic oxidation sites excluding steroid dienone is 4. The van der Waals surface area contributed by atoms with E-state index in [1.165, 1.54) is 0 Å². The molecule has 0 aromatic carbocycles. The maximum atomic E-state index is 11.4. The van der Waals surface area contributed by atoms with Gasteiger partial charge in [-0.25, -0.2) is 4.79 Å². The minimum atomic E-state index is -0.502. The highest BCUT2D eigenvalue weighted by Crippen LogP contribution is 2.15. The molecule has 1 aromatic heterocycles. The van der Waals surface area contributed by atoms with Gasteiger partial charge in [-0.3, -0.25) is 14.8 Å². The Morgan fingerprint density at radius 3 is 2.90 bits per heavy atom. The molecule has 6 nitrogen and oxygen atoms in total. The zero-order valence-electron chi connectivity index (χ0n) is 11.2. The maximum Gasteiger partial charge on any atom is 0.322 e. The van der Waals surface area contributed by atoms with E-state index in [4.69, 9.17) is 0 Å². The number of nitrogens with zero attached hydrogens (tertiary/aromatic N) is 2. The number of aromatic nitrogens is 2. The molecule has 6 heteroatoms. The number of hydrogen-bond donors (Lipinski definition) is 2. The fourth-order valence-corrected chi connectivity index (χ4v) is 1.90. The van der Waals surface area contributed by atoms with Gasteiger partial charge in [-0.15, -0.1) is 0 Å². The summed E-state index contributed by atoms with van der Waals surface area (Å²) in [6, 6.07) is -0.944. The molecule has 0 aliphatic carbocycles. The summed E-state index contributed by atoms with van der Waals surface area (Å²) in [6.45, 7) is 3.68. The van der Waals surface area contributed by atoms with E-state index in [2.05, 4.69) is 22.3 Å². The van der Waals surface area contributed by atoms with Crippen molar-refractivity contribution in [1.82, 2.24) is 20.4 Å². The van der Waals surface area contributed by atoms with Gasteiger partial charge < -0.3 is 5.32 Å². The van der Waals surface area contributed by atoms with Crippen LogP contribution in [-0.2, 0) is 11.8 Å². The summed E-state index contributed by atoms with van der Waals surface area (Å²) < 4.78 is 1.71. The molecule has 1 saturated heterocycles. The minimum absolute atomic E-state index is 0.296. The van der Waals surface area contributed by atoms with Crippen molar-refractivity contribution >= 4 is 17.5 Å². The molecule has 3 amide bonds. The van der Waals surface area contributed by atoms with Crippen LogP contribution < -0.4 is 10.6 Å². The highest BCUT2D eigenvalue weighted by molar-refractivity contribution is 6.04. The van der Waals surface area contributed by atoms with Crippen molar-refractivity contribution in [2.45, 2.75) is 12.5 Å². The van der Waals surface area contributed by atoms with Crippen molar-refractivity contribution in [3.63, 3.8) is 0 Å². The standard InChI is InChI=1S/C14H16N4O2/c1-3-5-10(11-8-15-18(2)9-11)6-4-7-12-13(19)17-14(20)16-12/h3-6,8-9,12H,1,7H2,2H3,(H2,16,17,19,20)/b6-4-,10-5+. The number of carbonyl (C=O) groups is 2. The molecular weight excluding hydrogens is 256 g/mol. The number of aryl methyl sites for hydroxylation is 1. The van der Waals surface area contributed by atoms with Gasteiger partial charge in [0, 0.05) is 18.8 Å². The number of nitrogens with one attached hydrogen (secondary N) is 2. The Balaban J connectivity index is 2.04. The van der Waals surface area contributed by atoms with Gasteiger partial charge in [0.15, 0.2) is 0 Å². The summed E-state index contributed by atoms with van der Waals surface area (Å²) in [5, 5.41) is 8.86. The van der Waals surface area contributed by atoms with Crippen LogP contribution in [0.5, 0.6) is 0 Å². The quantitative estimate of drug-likeness (QED) is 0.623. The molecule has 1 aliphatic heterocycles. The molecule has 0 saturated carbocycles. The largest absolute Gasteiger partial charge is 0.326 e. The average Bonchev–Trinajstić information content (AvgIpc) is 2.95. The van der Waals surface area contributed by atoms with Gasteiger partial charge in [-0.2, -0.15) is 5.10 Å². The molecule has 104 valence electrons. The summed E-state index contributed by atoms with van der Waals surface area (Å²) in [7, 11) is 1.84. The first-order chi connectivity index (χ1) is 9.60. The fraction of sp³-hybridized carbons (Fsp3) is 0.214. The molecule has 1 unspecified atom stereocenters. The number of carbonyl (C=O) groups excluding carboxylic acids is 2. The highest BCUT2D eigenvalue weighted by atomic mass is 16.2. The summed E-state index contributed by atoms with van der Waals surface area (Å²) in [5.74, 6) is -0.296. The number of rotatable bonds is 5. The Kier molecular flexibility index (Phi) is 4.14. The number of imide groups is 1. The molecule has 2 rings (SSSR count). The molecular formula is C14H16N4O2. The molecule has 0 spiro atoms. The topological polar surface area (TPSA) is 76.0 Å². The zero-order chi connectivity index (χ0) is 14.5. The lowest BCUT2D eigenvalue weighted by molar-refractivity contribution is -0.120. The molecule has 1 aliphatic rings. The Morgan fingerprint density at radius 1 is 1.55 bits per heavy atom. The Hall–Kier alpha value is -2.63. The number of urea groups is 1. The van der Waals surface area contributed by atoms with E-state index >= 15 is 0 Å². The SMILES string of the molecule is C=C/C=C(\C=C/CC1NC(=O)NC1=O)c1cnn(C)c1. The van der Waals surface area contributed by atoms with Crippen molar-refractivity contribution in [2.24, 2.45) is 7.05 Å². The molecule has 2 N–H and O–H groups in total. The highest BCUT2D eigenvalue weighted by Gasteiger charge is 2.27. The van der Waals surface area contributed by atoms with Crippen molar-refractivity contribution in [3.8, 4) is 0 Å². The van der Waals surface area contributed by atoms with Gasteiger partial charge in [0.1, 0.15) is 6.04 Å². The first-order valence-corrected chi connectivity index (χ1v) is 6.20. The third-order valence-electron chi connectivity index (χ3n) is 2.86. The number of hydrogen-bond acceptors (Lipinski definition) is 3. The van der Waals surface area contributed by atoms with E-state index in [1.54, 1.807) is 17.0 Å². The van der Waals surface area contributed by atoms with Crippen molar-refractivity contribution in [1.29, 1.82) is 0 Å². The average molecular weight is 272 g/mol. The first-order valence-electron chi connectivity index (χ1n) is 6.20. The predicted molar refractivity (Wildman–Crippen MR) is 75.6 cm³/mol. The van der Waals surface area contributed by atoms with E-state index in [0.29, 0.717) is 6.42 Å². The van der Waals surface area contributed by atoms with Crippen molar-refractivity contribution in [3.05, 3.63) is 48.8 Å². The van der Waals surface area contributed by atoms with E-state index in [-0.39, 0.29) is 5.91 Å². The maximum absolute atomic E-state index is 11.4. The van der Waals surface area contributed by atoms with Gasteiger partial charge >= 0.3 is 6.03 Å². The molecule has 1 fully saturated rings. The lowest BCUT2D eigenvalue weighted by atomic mass is 10.1. The Bertz CT molecular complexity index is 598. The van der Waals surface area contributed by atoms with Crippen molar-refractivity contribution in [2.75, 3.05) is 0 Å². The fourth-order valence-electron chi connectivity index (χ4n) is 1.90.